The molecule has 12 heteroatoms. The van der Waals surface area contributed by atoms with Crippen molar-refractivity contribution in [3.05, 3.63) is 41.4 Å². The van der Waals surface area contributed by atoms with Crippen molar-refractivity contribution in [3.8, 4) is 0 Å². The van der Waals surface area contributed by atoms with Crippen molar-refractivity contribution in [3.63, 3.8) is 0 Å². The zero-order chi connectivity index (χ0) is 25.9. The number of carbonyl (C=O) groups excluding carboxylic acids is 2. The summed E-state index contributed by atoms with van der Waals surface area (Å²) in [4.78, 5) is 33.7. The number of halogens is 1. The van der Waals surface area contributed by atoms with Crippen LogP contribution in [0.5, 0.6) is 0 Å². The fourth-order valence-electron chi connectivity index (χ4n) is 4.46. The second-order valence-corrected chi connectivity index (χ2v) is 10.3. The predicted molar refractivity (Wildman–Crippen MR) is 143 cm³/mol. The first kappa shape index (κ1) is 25.2. The molecule has 2 aliphatic rings. The Kier molecular flexibility index (Phi) is 7.43. The van der Waals surface area contributed by atoms with Gasteiger partial charge in [-0.1, -0.05) is 18.5 Å². The number of nitrogens with two attached hydrogens (primary N) is 1. The summed E-state index contributed by atoms with van der Waals surface area (Å²) in [5.41, 5.74) is 7.89. The number of amides is 2. The van der Waals surface area contributed by atoms with Gasteiger partial charge in [-0.15, -0.1) is 5.10 Å². The number of carbonyl (C=O) groups is 2. The van der Waals surface area contributed by atoms with Crippen LogP contribution in [0.25, 0.3) is 5.65 Å². The molecule has 2 fully saturated rings. The molecule has 11 nitrogen and oxygen atoms in total. The summed E-state index contributed by atoms with van der Waals surface area (Å²) in [6.45, 7) is 2.19. The Hall–Kier alpha value is -3.44. The van der Waals surface area contributed by atoms with E-state index in [9.17, 15) is 9.59 Å². The molecular formula is C25H32ClN9O2. The molecule has 2 amide bonds. The summed E-state index contributed by atoms with van der Waals surface area (Å²) in [7, 11) is 0. The third-order valence-corrected chi connectivity index (χ3v) is 7.06. The quantitative estimate of drug-likeness (QED) is 0.267. The fourth-order valence-corrected chi connectivity index (χ4v) is 4.64. The van der Waals surface area contributed by atoms with Crippen molar-refractivity contribution in [1.29, 1.82) is 0 Å². The van der Waals surface area contributed by atoms with Gasteiger partial charge in [0.15, 0.2) is 11.3 Å². The van der Waals surface area contributed by atoms with Crippen LogP contribution >= 0.6 is 11.6 Å². The largest absolute Gasteiger partial charge is 0.379 e. The fraction of sp³-hybridized carbons (Fsp3) is 0.480. The zero-order valence-electron chi connectivity index (χ0n) is 20.7. The third-order valence-electron chi connectivity index (χ3n) is 6.85. The van der Waals surface area contributed by atoms with Gasteiger partial charge in [0, 0.05) is 48.5 Å². The summed E-state index contributed by atoms with van der Waals surface area (Å²) in [5.74, 6) is 0.154. The molecule has 0 bridgehead atoms. The number of rotatable bonds is 9. The van der Waals surface area contributed by atoms with E-state index in [1.54, 1.807) is 16.6 Å². The number of aromatic nitrogens is 4. The molecule has 0 radical (unpaired) electrons. The van der Waals surface area contributed by atoms with E-state index in [0.717, 1.165) is 44.2 Å². The molecule has 6 N–H and O–H groups in total. The highest BCUT2D eigenvalue weighted by Crippen LogP contribution is 2.30. The Labute approximate surface area is 219 Å². The van der Waals surface area contributed by atoms with Gasteiger partial charge >= 0.3 is 0 Å². The van der Waals surface area contributed by atoms with Crippen LogP contribution in [0, 0.1) is 5.92 Å². The molecule has 0 spiro atoms. The van der Waals surface area contributed by atoms with E-state index in [1.807, 2.05) is 13.0 Å². The lowest BCUT2D eigenvalue weighted by Crippen LogP contribution is -2.43. The first-order valence-corrected chi connectivity index (χ1v) is 13.1. The van der Waals surface area contributed by atoms with Crippen molar-refractivity contribution < 1.29 is 9.59 Å². The van der Waals surface area contributed by atoms with E-state index in [4.69, 9.17) is 22.4 Å². The average molecular weight is 526 g/mol. The van der Waals surface area contributed by atoms with Crippen molar-refractivity contribution in [2.75, 3.05) is 22.5 Å². The number of nitrogens with one attached hydrogen (secondary N) is 4. The number of pyridine rings is 1. The molecule has 2 aliphatic carbocycles. The number of imidazole rings is 1. The van der Waals surface area contributed by atoms with Crippen LogP contribution in [0.3, 0.4) is 0 Å². The highest BCUT2D eigenvalue weighted by molar-refractivity contribution is 6.29. The maximum absolute atomic E-state index is 13.1. The monoisotopic (exact) mass is 525 g/mol. The van der Waals surface area contributed by atoms with Crippen molar-refractivity contribution >= 4 is 46.3 Å². The Morgan fingerprint density at radius 1 is 1.08 bits per heavy atom. The molecule has 5 rings (SSSR count). The minimum atomic E-state index is -0.347. The SMILES string of the molecule is C[C@H](CN)C(=O)NC1CCC(Nc2cc(NC3CC3)c3ncc(C(=O)Nc4ccnc(Cl)c4)n3n2)CC1. The van der Waals surface area contributed by atoms with Crippen LogP contribution in [0.2, 0.25) is 5.15 Å². The lowest BCUT2D eigenvalue weighted by molar-refractivity contribution is -0.125. The molecule has 3 aromatic heterocycles. The summed E-state index contributed by atoms with van der Waals surface area (Å²) in [6, 6.07) is 5.98. The van der Waals surface area contributed by atoms with Gasteiger partial charge in [-0.2, -0.15) is 0 Å². The Balaban J connectivity index is 1.31. The molecule has 196 valence electrons. The number of anilines is 3. The molecule has 37 heavy (non-hydrogen) atoms. The topological polar surface area (TPSA) is 151 Å². The van der Waals surface area contributed by atoms with Gasteiger partial charge in [0.05, 0.1) is 11.9 Å². The van der Waals surface area contributed by atoms with Gasteiger partial charge in [-0.3, -0.25) is 9.59 Å². The summed E-state index contributed by atoms with van der Waals surface area (Å²) < 4.78 is 1.57. The van der Waals surface area contributed by atoms with Crippen LogP contribution in [0.4, 0.5) is 17.2 Å². The first-order valence-electron chi connectivity index (χ1n) is 12.7. The molecule has 1 atom stereocenters. The number of fused-ring (bicyclic) bond motifs is 1. The summed E-state index contributed by atoms with van der Waals surface area (Å²) in [5, 5.41) is 18.0. The number of hydrogen-bond acceptors (Lipinski definition) is 8. The average Bonchev–Trinajstić information content (AvgIpc) is 3.59. The molecule has 3 heterocycles. The number of hydrogen-bond donors (Lipinski definition) is 5. The van der Waals surface area contributed by atoms with E-state index >= 15 is 0 Å². The van der Waals surface area contributed by atoms with Crippen molar-refractivity contribution in [1.82, 2.24) is 24.9 Å². The Morgan fingerprint density at radius 2 is 1.78 bits per heavy atom. The first-order chi connectivity index (χ1) is 17.9. The van der Waals surface area contributed by atoms with E-state index in [0.29, 0.717) is 40.6 Å². The van der Waals surface area contributed by atoms with Crippen LogP contribution in [0.1, 0.15) is 55.9 Å². The second-order valence-electron chi connectivity index (χ2n) is 9.90. The molecule has 0 saturated heterocycles. The molecule has 2 saturated carbocycles. The summed E-state index contributed by atoms with van der Waals surface area (Å²) >= 11 is 5.96. The lowest BCUT2D eigenvalue weighted by Gasteiger charge is -2.30. The summed E-state index contributed by atoms with van der Waals surface area (Å²) in [6.07, 6.45) is 8.81. The highest BCUT2D eigenvalue weighted by atomic mass is 35.5. The Morgan fingerprint density at radius 3 is 2.49 bits per heavy atom. The van der Waals surface area contributed by atoms with Gasteiger partial charge in [-0.25, -0.2) is 14.5 Å². The van der Waals surface area contributed by atoms with E-state index in [1.165, 1.54) is 12.4 Å². The molecule has 0 aromatic carbocycles. The van der Waals surface area contributed by atoms with Crippen LogP contribution in [-0.2, 0) is 4.79 Å². The molecule has 0 unspecified atom stereocenters. The van der Waals surface area contributed by atoms with Gasteiger partial charge in [0.2, 0.25) is 5.91 Å². The molecule has 0 aliphatic heterocycles. The molecular weight excluding hydrogens is 494 g/mol. The van der Waals surface area contributed by atoms with Gasteiger partial charge in [-0.05, 0) is 50.7 Å². The number of nitrogens with zero attached hydrogens (tertiary/aromatic N) is 4. The van der Waals surface area contributed by atoms with Crippen molar-refractivity contribution in [2.24, 2.45) is 11.7 Å². The maximum Gasteiger partial charge on any atom is 0.276 e. The third kappa shape index (κ3) is 6.11. The van der Waals surface area contributed by atoms with Crippen LogP contribution in [0.15, 0.2) is 30.6 Å². The standard InChI is InChI=1S/C25H32ClN9O2/c1-14(12-27)24(36)32-17-6-4-16(5-7-17)31-22-11-19(30-15-2-3-15)23-29-13-20(35(23)34-22)25(37)33-18-8-9-28-21(26)10-18/h8-11,13-17,30H,2-7,12,27H2,1H3,(H,31,34)(H,32,36)(H,28,33,37)/t14-,16?,17?/m1/s1. The van der Waals surface area contributed by atoms with Crippen LogP contribution < -0.4 is 27.0 Å². The normalized spacial score (nSPS) is 20.3. The Bertz CT molecular complexity index is 1280. The maximum atomic E-state index is 13.1. The molecule has 3 aromatic rings. The van der Waals surface area contributed by atoms with Gasteiger partial charge in [0.1, 0.15) is 11.0 Å². The van der Waals surface area contributed by atoms with Gasteiger partial charge in [0.25, 0.3) is 5.91 Å². The van der Waals surface area contributed by atoms with E-state index in [-0.39, 0.29) is 29.8 Å². The van der Waals surface area contributed by atoms with E-state index < -0.39 is 0 Å². The zero-order valence-corrected chi connectivity index (χ0v) is 21.5. The minimum absolute atomic E-state index is 0.0155. The lowest BCUT2D eigenvalue weighted by atomic mass is 9.90. The van der Waals surface area contributed by atoms with Crippen LogP contribution in [-0.4, -0.2) is 56.1 Å². The van der Waals surface area contributed by atoms with E-state index in [2.05, 4.69) is 31.2 Å². The minimum Gasteiger partial charge on any atom is -0.379 e. The second kappa shape index (κ2) is 10.9. The smallest absolute Gasteiger partial charge is 0.276 e. The predicted octanol–water partition coefficient (Wildman–Crippen LogP) is 3.04. The van der Waals surface area contributed by atoms with Crippen molar-refractivity contribution in [2.45, 2.75) is 63.6 Å². The van der Waals surface area contributed by atoms with Gasteiger partial charge < -0.3 is 27.0 Å². The highest BCUT2D eigenvalue weighted by Gasteiger charge is 2.27.